The van der Waals surface area contributed by atoms with E-state index >= 15 is 0 Å². The van der Waals surface area contributed by atoms with Gasteiger partial charge < -0.3 is 9.73 Å². The number of alkyl halides is 3. The summed E-state index contributed by atoms with van der Waals surface area (Å²) < 4.78 is 41.3. The second-order valence-corrected chi connectivity index (χ2v) is 3.97. The molecule has 0 bridgehead atoms. The number of amides is 1. The van der Waals surface area contributed by atoms with Crippen LogP contribution < -0.4 is 5.32 Å². The topological polar surface area (TPSA) is 68.0 Å². The summed E-state index contributed by atoms with van der Waals surface area (Å²) in [5.74, 6) is -1.07. The maximum Gasteiger partial charge on any atom is 0.405 e. The molecule has 5 nitrogen and oxygen atoms in total. The second-order valence-electron chi connectivity index (χ2n) is 3.97. The molecule has 0 atom stereocenters. The zero-order valence-electron chi connectivity index (χ0n) is 10.4. The average Bonchev–Trinajstić information content (AvgIpc) is 2.78. The Morgan fingerprint density at radius 2 is 2.20 bits per heavy atom. The van der Waals surface area contributed by atoms with E-state index in [-0.39, 0.29) is 17.3 Å². The van der Waals surface area contributed by atoms with Crippen LogP contribution in [0.1, 0.15) is 16.2 Å². The van der Waals surface area contributed by atoms with Gasteiger partial charge in [0.2, 0.25) is 11.7 Å². The highest BCUT2D eigenvalue weighted by atomic mass is 19.4. The molecule has 2 heterocycles. The van der Waals surface area contributed by atoms with E-state index in [1.807, 2.05) is 0 Å². The Labute approximate surface area is 111 Å². The Morgan fingerprint density at radius 1 is 1.45 bits per heavy atom. The van der Waals surface area contributed by atoms with Gasteiger partial charge in [0.15, 0.2) is 0 Å². The van der Waals surface area contributed by atoms with Crippen LogP contribution in [0, 0.1) is 6.92 Å². The molecule has 0 saturated heterocycles. The molecule has 0 aliphatic heterocycles. The van der Waals surface area contributed by atoms with E-state index in [4.69, 9.17) is 4.42 Å². The molecule has 0 aliphatic rings. The van der Waals surface area contributed by atoms with Gasteiger partial charge in [-0.3, -0.25) is 9.78 Å². The number of carbonyl (C=O) groups excluding carboxylic acids is 1. The molecule has 0 aromatic carbocycles. The molecule has 0 spiro atoms. The highest BCUT2D eigenvalue weighted by Crippen LogP contribution is 2.21. The molecule has 0 aliphatic carbocycles. The highest BCUT2D eigenvalue weighted by molar-refractivity contribution is 5.92. The van der Waals surface area contributed by atoms with Crippen LogP contribution in [0.3, 0.4) is 0 Å². The fourth-order valence-electron chi connectivity index (χ4n) is 1.48. The number of oxazole rings is 1. The van der Waals surface area contributed by atoms with Crippen LogP contribution in [0.25, 0.3) is 11.5 Å². The number of nitrogens with one attached hydrogen (secondary N) is 1. The summed E-state index contributed by atoms with van der Waals surface area (Å²) in [5, 5.41) is 1.73. The van der Waals surface area contributed by atoms with Gasteiger partial charge in [0.05, 0.1) is 11.3 Å². The standard InChI is InChI=1S/C12H10F3N3O2/c1-7-9(10(19)17-6-12(13,14)15)20-11(18-7)8-3-2-4-16-5-8/h2-5H,6H2,1H3,(H,17,19). The number of rotatable bonds is 3. The van der Waals surface area contributed by atoms with Crippen LogP contribution in [-0.2, 0) is 0 Å². The lowest BCUT2D eigenvalue weighted by Gasteiger charge is -2.06. The predicted molar refractivity (Wildman–Crippen MR) is 62.9 cm³/mol. The third-order valence-electron chi connectivity index (χ3n) is 2.36. The zero-order chi connectivity index (χ0) is 14.8. The molecular weight excluding hydrogens is 275 g/mol. The number of hydrogen-bond acceptors (Lipinski definition) is 4. The fraction of sp³-hybridized carbons (Fsp3) is 0.250. The van der Waals surface area contributed by atoms with Crippen LogP contribution in [-0.4, -0.2) is 28.6 Å². The van der Waals surface area contributed by atoms with Gasteiger partial charge in [-0.2, -0.15) is 13.2 Å². The van der Waals surface area contributed by atoms with Crippen LogP contribution in [0.2, 0.25) is 0 Å². The molecule has 8 heteroatoms. The lowest BCUT2D eigenvalue weighted by Crippen LogP contribution is -2.33. The normalized spacial score (nSPS) is 11.4. The van der Waals surface area contributed by atoms with Crippen molar-refractivity contribution in [1.82, 2.24) is 15.3 Å². The van der Waals surface area contributed by atoms with E-state index in [1.165, 1.54) is 13.1 Å². The summed E-state index contributed by atoms with van der Waals surface area (Å²) in [6, 6.07) is 3.31. The van der Waals surface area contributed by atoms with Crippen molar-refractivity contribution in [3.63, 3.8) is 0 Å². The summed E-state index contributed by atoms with van der Waals surface area (Å²) in [5.41, 5.74) is 0.744. The lowest BCUT2D eigenvalue weighted by atomic mass is 10.3. The summed E-state index contributed by atoms with van der Waals surface area (Å²) in [6.45, 7) is 0.0556. The maximum absolute atomic E-state index is 12.0. The molecule has 0 radical (unpaired) electrons. The van der Waals surface area contributed by atoms with Gasteiger partial charge in [0.1, 0.15) is 6.54 Å². The quantitative estimate of drug-likeness (QED) is 0.939. The van der Waals surface area contributed by atoms with Gasteiger partial charge in [0, 0.05) is 12.4 Å². The van der Waals surface area contributed by atoms with Gasteiger partial charge in [-0.25, -0.2) is 4.98 Å². The van der Waals surface area contributed by atoms with Crippen LogP contribution >= 0.6 is 0 Å². The van der Waals surface area contributed by atoms with Crippen molar-refractivity contribution in [1.29, 1.82) is 0 Å². The summed E-state index contributed by atoms with van der Waals surface area (Å²) in [6.07, 6.45) is -1.45. The molecule has 1 amide bonds. The Balaban J connectivity index is 2.18. The molecule has 1 N–H and O–H groups in total. The molecule has 106 valence electrons. The summed E-state index contributed by atoms with van der Waals surface area (Å²) >= 11 is 0. The fourth-order valence-corrected chi connectivity index (χ4v) is 1.48. The van der Waals surface area contributed by atoms with Crippen molar-refractivity contribution in [3.8, 4) is 11.5 Å². The van der Waals surface area contributed by atoms with E-state index in [9.17, 15) is 18.0 Å². The third kappa shape index (κ3) is 3.34. The van der Waals surface area contributed by atoms with Crippen molar-refractivity contribution in [3.05, 3.63) is 36.0 Å². The number of aryl methyl sites for hydroxylation is 1. The highest BCUT2D eigenvalue weighted by Gasteiger charge is 2.29. The minimum Gasteiger partial charge on any atom is -0.431 e. The molecule has 2 aromatic heterocycles. The van der Waals surface area contributed by atoms with Crippen molar-refractivity contribution < 1.29 is 22.4 Å². The first-order valence-corrected chi connectivity index (χ1v) is 5.59. The minimum absolute atomic E-state index is 0.132. The molecule has 0 unspecified atom stereocenters. The van der Waals surface area contributed by atoms with Crippen LogP contribution in [0.15, 0.2) is 28.9 Å². The number of hydrogen-bond donors (Lipinski definition) is 1. The predicted octanol–water partition coefficient (Wildman–Crippen LogP) is 2.34. The van der Waals surface area contributed by atoms with E-state index in [1.54, 1.807) is 23.6 Å². The molecular formula is C12H10F3N3O2. The van der Waals surface area contributed by atoms with E-state index < -0.39 is 18.6 Å². The molecule has 20 heavy (non-hydrogen) atoms. The molecule has 0 saturated carbocycles. The summed E-state index contributed by atoms with van der Waals surface area (Å²) in [7, 11) is 0. The molecule has 0 fully saturated rings. The number of carbonyl (C=O) groups is 1. The van der Waals surface area contributed by atoms with Gasteiger partial charge in [-0.15, -0.1) is 0 Å². The Hall–Kier alpha value is -2.38. The number of halogens is 3. The van der Waals surface area contributed by atoms with Gasteiger partial charge in [-0.05, 0) is 19.1 Å². The number of pyridine rings is 1. The smallest absolute Gasteiger partial charge is 0.405 e. The lowest BCUT2D eigenvalue weighted by molar-refractivity contribution is -0.123. The maximum atomic E-state index is 12.0. The van der Waals surface area contributed by atoms with Crippen molar-refractivity contribution >= 4 is 5.91 Å². The van der Waals surface area contributed by atoms with Crippen LogP contribution in [0.4, 0.5) is 13.2 Å². The first-order valence-electron chi connectivity index (χ1n) is 5.59. The largest absolute Gasteiger partial charge is 0.431 e. The van der Waals surface area contributed by atoms with Gasteiger partial charge >= 0.3 is 6.18 Å². The first-order chi connectivity index (χ1) is 9.37. The molecule has 2 rings (SSSR count). The van der Waals surface area contributed by atoms with Crippen LogP contribution in [0.5, 0.6) is 0 Å². The number of aromatic nitrogens is 2. The SMILES string of the molecule is Cc1nc(-c2cccnc2)oc1C(=O)NCC(F)(F)F. The monoisotopic (exact) mass is 285 g/mol. The van der Waals surface area contributed by atoms with Crippen molar-refractivity contribution in [2.75, 3.05) is 6.54 Å². The Bertz CT molecular complexity index is 608. The average molecular weight is 285 g/mol. The van der Waals surface area contributed by atoms with E-state index in [2.05, 4.69) is 9.97 Å². The zero-order valence-corrected chi connectivity index (χ0v) is 10.4. The Morgan fingerprint density at radius 3 is 2.80 bits per heavy atom. The van der Waals surface area contributed by atoms with E-state index in [0.29, 0.717) is 5.56 Å². The first kappa shape index (κ1) is 14.0. The van der Waals surface area contributed by atoms with Gasteiger partial charge in [-0.1, -0.05) is 0 Å². The second kappa shape index (κ2) is 5.32. The van der Waals surface area contributed by atoms with E-state index in [0.717, 1.165) is 0 Å². The van der Waals surface area contributed by atoms with Gasteiger partial charge in [0.25, 0.3) is 5.91 Å². The minimum atomic E-state index is -4.48. The molecule has 2 aromatic rings. The van der Waals surface area contributed by atoms with Crippen molar-refractivity contribution in [2.24, 2.45) is 0 Å². The summed E-state index contributed by atoms with van der Waals surface area (Å²) in [4.78, 5) is 19.5. The number of nitrogens with zero attached hydrogens (tertiary/aromatic N) is 2. The Kier molecular flexibility index (Phi) is 3.73. The third-order valence-corrected chi connectivity index (χ3v) is 2.36. The van der Waals surface area contributed by atoms with Crippen molar-refractivity contribution in [2.45, 2.75) is 13.1 Å².